The average Bonchev–Trinajstić information content (AvgIpc) is 2.30. The number of nitrogens with zero attached hydrogens (tertiary/aromatic N) is 1. The second kappa shape index (κ2) is 5.92. The van der Waals surface area contributed by atoms with Gasteiger partial charge in [-0.1, -0.05) is 19.9 Å². The predicted octanol–water partition coefficient (Wildman–Crippen LogP) is 2.63. The van der Waals surface area contributed by atoms with Gasteiger partial charge in [0, 0.05) is 18.8 Å². The molecule has 0 fully saturated rings. The molecule has 0 amide bonds. The van der Waals surface area contributed by atoms with Crippen molar-refractivity contribution in [1.29, 1.82) is 0 Å². The van der Waals surface area contributed by atoms with Gasteiger partial charge in [0.15, 0.2) is 0 Å². The Morgan fingerprint density at radius 2 is 1.84 bits per heavy atom. The van der Waals surface area contributed by atoms with Crippen molar-refractivity contribution in [1.82, 2.24) is 4.31 Å². The lowest BCUT2D eigenvalue weighted by Crippen LogP contribution is -2.35. The van der Waals surface area contributed by atoms with E-state index in [1.807, 2.05) is 13.8 Å². The molecule has 1 atom stereocenters. The second-order valence-electron chi connectivity index (χ2n) is 5.52. The molecule has 2 N–H and O–H groups in total. The number of sulfonamides is 1. The first-order valence-electron chi connectivity index (χ1n) is 6.50. The molecule has 19 heavy (non-hydrogen) atoms. The molecule has 0 bridgehead atoms. The number of nitrogens with two attached hydrogens (primary N) is 1. The Morgan fingerprint density at radius 1 is 1.26 bits per heavy atom. The van der Waals surface area contributed by atoms with Crippen LogP contribution < -0.4 is 5.73 Å². The van der Waals surface area contributed by atoms with Gasteiger partial charge in [-0.25, -0.2) is 8.42 Å². The molecule has 0 aromatic heterocycles. The summed E-state index contributed by atoms with van der Waals surface area (Å²) in [5.74, 6) is 0.454. The van der Waals surface area contributed by atoms with E-state index in [0.717, 1.165) is 12.0 Å². The highest BCUT2D eigenvalue weighted by Gasteiger charge is 2.26. The molecule has 0 heterocycles. The standard InChI is InChI=1S/C14H24N2O2S/c1-10(2)8-12(4)16(5)19(17,18)13-7-6-11(3)14(15)9-13/h6-7,9-10,12H,8,15H2,1-5H3. The Kier molecular flexibility index (Phi) is 4.98. The van der Waals surface area contributed by atoms with Crippen molar-refractivity contribution in [3.63, 3.8) is 0 Å². The van der Waals surface area contributed by atoms with Gasteiger partial charge in [-0.15, -0.1) is 0 Å². The zero-order valence-corrected chi connectivity index (χ0v) is 13.2. The molecule has 1 rings (SSSR count). The maximum atomic E-state index is 12.5. The Balaban J connectivity index is 3.06. The van der Waals surface area contributed by atoms with Crippen molar-refractivity contribution in [2.75, 3.05) is 12.8 Å². The van der Waals surface area contributed by atoms with Crippen molar-refractivity contribution < 1.29 is 8.42 Å². The van der Waals surface area contributed by atoms with Gasteiger partial charge in [0.2, 0.25) is 10.0 Å². The molecule has 0 aliphatic carbocycles. The summed E-state index contributed by atoms with van der Waals surface area (Å²) in [4.78, 5) is 0.258. The number of nitrogen functional groups attached to an aromatic ring is 1. The summed E-state index contributed by atoms with van der Waals surface area (Å²) in [6, 6.07) is 4.85. The van der Waals surface area contributed by atoms with E-state index in [1.165, 1.54) is 10.4 Å². The fourth-order valence-electron chi connectivity index (χ4n) is 2.01. The summed E-state index contributed by atoms with van der Waals surface area (Å²) < 4.78 is 26.4. The first-order chi connectivity index (χ1) is 8.66. The molecule has 0 saturated carbocycles. The number of anilines is 1. The van der Waals surface area contributed by atoms with Gasteiger partial charge in [0.25, 0.3) is 0 Å². The maximum Gasteiger partial charge on any atom is 0.243 e. The van der Waals surface area contributed by atoms with Crippen molar-refractivity contribution in [2.45, 2.75) is 45.1 Å². The van der Waals surface area contributed by atoms with E-state index in [4.69, 9.17) is 5.73 Å². The summed E-state index contributed by atoms with van der Waals surface area (Å²) >= 11 is 0. The number of aryl methyl sites for hydroxylation is 1. The molecule has 0 saturated heterocycles. The number of hydrogen-bond acceptors (Lipinski definition) is 3. The number of benzene rings is 1. The number of rotatable bonds is 5. The lowest BCUT2D eigenvalue weighted by Gasteiger charge is -2.25. The van der Waals surface area contributed by atoms with Crippen LogP contribution in [0.5, 0.6) is 0 Å². The van der Waals surface area contributed by atoms with Crippen LogP contribution >= 0.6 is 0 Å². The Bertz CT molecular complexity index is 538. The third-order valence-corrected chi connectivity index (χ3v) is 5.33. The zero-order chi connectivity index (χ0) is 14.8. The van der Waals surface area contributed by atoms with Crippen LogP contribution in [0.4, 0.5) is 5.69 Å². The van der Waals surface area contributed by atoms with Crippen molar-refractivity contribution in [3.8, 4) is 0 Å². The summed E-state index contributed by atoms with van der Waals surface area (Å²) in [5, 5.41) is 0. The molecule has 108 valence electrons. The minimum atomic E-state index is -3.47. The van der Waals surface area contributed by atoms with Gasteiger partial charge in [0.1, 0.15) is 0 Å². The fraction of sp³-hybridized carbons (Fsp3) is 0.571. The van der Waals surface area contributed by atoms with E-state index >= 15 is 0 Å². The van der Waals surface area contributed by atoms with Crippen molar-refractivity contribution in [2.24, 2.45) is 5.92 Å². The van der Waals surface area contributed by atoms with Gasteiger partial charge in [0.05, 0.1) is 4.90 Å². The topological polar surface area (TPSA) is 63.4 Å². The Hall–Kier alpha value is -1.07. The Labute approximate surface area is 116 Å². The van der Waals surface area contributed by atoms with Crippen LogP contribution in [0.15, 0.2) is 23.1 Å². The van der Waals surface area contributed by atoms with Crippen LogP contribution in [-0.2, 0) is 10.0 Å². The molecule has 0 spiro atoms. The summed E-state index contributed by atoms with van der Waals surface area (Å²) in [5.41, 5.74) is 7.18. The van der Waals surface area contributed by atoms with Crippen LogP contribution in [-0.4, -0.2) is 25.8 Å². The van der Waals surface area contributed by atoms with Gasteiger partial charge < -0.3 is 5.73 Å². The smallest absolute Gasteiger partial charge is 0.243 e. The number of hydrogen-bond donors (Lipinski definition) is 1. The summed E-state index contributed by atoms with van der Waals surface area (Å²) in [6.07, 6.45) is 0.830. The van der Waals surface area contributed by atoms with Gasteiger partial charge >= 0.3 is 0 Å². The van der Waals surface area contributed by atoms with Crippen LogP contribution in [0, 0.1) is 12.8 Å². The highest BCUT2D eigenvalue weighted by atomic mass is 32.2. The fourth-order valence-corrected chi connectivity index (χ4v) is 3.42. The van der Waals surface area contributed by atoms with E-state index < -0.39 is 10.0 Å². The zero-order valence-electron chi connectivity index (χ0n) is 12.3. The van der Waals surface area contributed by atoms with Crippen molar-refractivity contribution in [3.05, 3.63) is 23.8 Å². The van der Waals surface area contributed by atoms with E-state index in [1.54, 1.807) is 19.2 Å². The molecular weight excluding hydrogens is 260 g/mol. The second-order valence-corrected chi connectivity index (χ2v) is 7.52. The lowest BCUT2D eigenvalue weighted by atomic mass is 10.1. The minimum Gasteiger partial charge on any atom is -0.398 e. The Morgan fingerprint density at radius 3 is 2.32 bits per heavy atom. The predicted molar refractivity (Wildman–Crippen MR) is 79.5 cm³/mol. The lowest BCUT2D eigenvalue weighted by molar-refractivity contribution is 0.338. The van der Waals surface area contributed by atoms with Crippen molar-refractivity contribution >= 4 is 15.7 Å². The third-order valence-electron chi connectivity index (χ3n) is 3.36. The molecule has 0 radical (unpaired) electrons. The van der Waals surface area contributed by atoms with E-state index in [9.17, 15) is 8.42 Å². The largest absolute Gasteiger partial charge is 0.398 e. The van der Waals surface area contributed by atoms with Crippen LogP contribution in [0.1, 0.15) is 32.8 Å². The van der Waals surface area contributed by atoms with Gasteiger partial charge in [-0.2, -0.15) is 4.31 Å². The molecule has 5 heteroatoms. The van der Waals surface area contributed by atoms with E-state index in [0.29, 0.717) is 11.6 Å². The highest BCUT2D eigenvalue weighted by molar-refractivity contribution is 7.89. The monoisotopic (exact) mass is 284 g/mol. The van der Waals surface area contributed by atoms with Crippen LogP contribution in [0.2, 0.25) is 0 Å². The van der Waals surface area contributed by atoms with Crippen LogP contribution in [0.25, 0.3) is 0 Å². The van der Waals surface area contributed by atoms with E-state index in [-0.39, 0.29) is 10.9 Å². The first-order valence-corrected chi connectivity index (χ1v) is 7.94. The summed E-state index contributed by atoms with van der Waals surface area (Å²) in [7, 11) is -1.85. The molecule has 1 unspecified atom stereocenters. The average molecular weight is 284 g/mol. The molecule has 1 aromatic rings. The maximum absolute atomic E-state index is 12.5. The van der Waals surface area contributed by atoms with E-state index in [2.05, 4.69) is 13.8 Å². The van der Waals surface area contributed by atoms with Gasteiger partial charge in [-0.05, 0) is 43.9 Å². The third kappa shape index (κ3) is 3.70. The minimum absolute atomic E-state index is 0.0347. The molecule has 0 aliphatic rings. The SMILES string of the molecule is Cc1ccc(S(=O)(=O)N(C)C(C)CC(C)C)cc1N. The molecular formula is C14H24N2O2S. The van der Waals surface area contributed by atoms with Crippen LogP contribution in [0.3, 0.4) is 0 Å². The normalized spacial score (nSPS) is 14.1. The summed E-state index contributed by atoms with van der Waals surface area (Å²) in [6.45, 7) is 7.95. The molecule has 0 aliphatic heterocycles. The highest BCUT2D eigenvalue weighted by Crippen LogP contribution is 2.23. The first kappa shape index (κ1) is 16.0. The molecule has 1 aromatic carbocycles. The van der Waals surface area contributed by atoms with Gasteiger partial charge in [-0.3, -0.25) is 0 Å². The quantitative estimate of drug-likeness (QED) is 0.845. The molecule has 4 nitrogen and oxygen atoms in total.